The normalized spacial score (nSPS) is 38.2. The molecule has 4 rings (SSSR count). The van der Waals surface area contributed by atoms with Crippen LogP contribution in [0.15, 0.2) is 30.3 Å². The summed E-state index contributed by atoms with van der Waals surface area (Å²) in [6.07, 6.45) is -1.26. The van der Waals surface area contributed by atoms with Gasteiger partial charge in [-0.3, -0.25) is 0 Å². The van der Waals surface area contributed by atoms with Gasteiger partial charge in [0.15, 0.2) is 11.6 Å². The standard InChI is InChI=1S/C20H24O5/c1-19(2)21-12-15(23-19)16-18-17(24-20(3,4)25-18)14(22-16)11-10-13-8-6-5-7-9-13/h5-9,14-18H,12H2,1-4H3/t14-,15-,16-,17-,18+/m1/s1. The van der Waals surface area contributed by atoms with Crippen molar-refractivity contribution in [1.29, 1.82) is 0 Å². The molecule has 5 heteroatoms. The minimum Gasteiger partial charge on any atom is -0.354 e. The lowest BCUT2D eigenvalue weighted by atomic mass is 10.0. The summed E-state index contributed by atoms with van der Waals surface area (Å²) in [5, 5.41) is 0. The van der Waals surface area contributed by atoms with Crippen LogP contribution in [0, 0.1) is 11.8 Å². The van der Waals surface area contributed by atoms with Crippen molar-refractivity contribution < 1.29 is 23.7 Å². The summed E-state index contributed by atoms with van der Waals surface area (Å²) in [5.74, 6) is 5.12. The Hall–Kier alpha value is -1.42. The van der Waals surface area contributed by atoms with Gasteiger partial charge in [-0.05, 0) is 39.8 Å². The lowest BCUT2D eigenvalue weighted by Crippen LogP contribution is -2.40. The maximum absolute atomic E-state index is 6.19. The van der Waals surface area contributed by atoms with E-state index in [9.17, 15) is 0 Å². The van der Waals surface area contributed by atoms with E-state index in [1.807, 2.05) is 58.0 Å². The van der Waals surface area contributed by atoms with E-state index >= 15 is 0 Å². The van der Waals surface area contributed by atoms with Gasteiger partial charge >= 0.3 is 0 Å². The topological polar surface area (TPSA) is 46.2 Å². The van der Waals surface area contributed by atoms with Crippen LogP contribution < -0.4 is 0 Å². The zero-order valence-corrected chi connectivity index (χ0v) is 15.0. The fourth-order valence-corrected chi connectivity index (χ4v) is 3.60. The fraction of sp³-hybridized carbons (Fsp3) is 0.600. The molecule has 1 aromatic carbocycles. The third-order valence-electron chi connectivity index (χ3n) is 4.62. The van der Waals surface area contributed by atoms with Crippen LogP contribution in [0.4, 0.5) is 0 Å². The monoisotopic (exact) mass is 344 g/mol. The van der Waals surface area contributed by atoms with Gasteiger partial charge in [0.25, 0.3) is 0 Å². The van der Waals surface area contributed by atoms with E-state index in [1.54, 1.807) is 0 Å². The Morgan fingerprint density at radius 1 is 0.880 bits per heavy atom. The van der Waals surface area contributed by atoms with Gasteiger partial charge < -0.3 is 23.7 Å². The average Bonchev–Trinajstić information content (AvgIpc) is 3.17. The van der Waals surface area contributed by atoms with Gasteiger partial charge in [0.2, 0.25) is 0 Å². The van der Waals surface area contributed by atoms with Crippen molar-refractivity contribution in [2.75, 3.05) is 6.61 Å². The third kappa shape index (κ3) is 3.46. The van der Waals surface area contributed by atoms with Gasteiger partial charge in [0.1, 0.15) is 30.5 Å². The first-order valence-electron chi connectivity index (χ1n) is 8.72. The molecule has 0 spiro atoms. The van der Waals surface area contributed by atoms with E-state index < -0.39 is 11.6 Å². The molecule has 3 fully saturated rings. The SMILES string of the molecule is CC1(C)O[C@@H]2[C@H](O1)[C@@H](C#Cc1ccccc1)O[C@@H]2[C@H]1COC(C)(C)O1. The van der Waals surface area contributed by atoms with Gasteiger partial charge in [-0.2, -0.15) is 0 Å². The first-order valence-corrected chi connectivity index (χ1v) is 8.72. The molecule has 0 bridgehead atoms. The molecule has 0 amide bonds. The molecule has 3 aliphatic rings. The summed E-state index contributed by atoms with van der Waals surface area (Å²) in [5.41, 5.74) is 0.950. The zero-order chi connectivity index (χ0) is 17.7. The Morgan fingerprint density at radius 3 is 2.28 bits per heavy atom. The Labute approximate surface area is 148 Å². The van der Waals surface area contributed by atoms with Crippen LogP contribution >= 0.6 is 0 Å². The Kier molecular flexibility index (Phi) is 4.14. The quantitative estimate of drug-likeness (QED) is 0.733. The van der Waals surface area contributed by atoms with Crippen LogP contribution in [0.3, 0.4) is 0 Å². The smallest absolute Gasteiger partial charge is 0.164 e. The molecule has 0 N–H and O–H groups in total. The van der Waals surface area contributed by atoms with Crippen molar-refractivity contribution in [3.63, 3.8) is 0 Å². The lowest BCUT2D eigenvalue weighted by molar-refractivity contribution is -0.201. The maximum Gasteiger partial charge on any atom is 0.164 e. The molecule has 0 radical (unpaired) electrons. The summed E-state index contributed by atoms with van der Waals surface area (Å²) in [7, 11) is 0. The van der Waals surface area contributed by atoms with Crippen molar-refractivity contribution >= 4 is 0 Å². The second kappa shape index (κ2) is 6.08. The van der Waals surface area contributed by atoms with Crippen LogP contribution in [0.1, 0.15) is 33.3 Å². The van der Waals surface area contributed by atoms with Crippen molar-refractivity contribution in [1.82, 2.24) is 0 Å². The first-order chi connectivity index (χ1) is 11.8. The van der Waals surface area contributed by atoms with Crippen molar-refractivity contribution in [2.24, 2.45) is 0 Å². The van der Waals surface area contributed by atoms with Crippen molar-refractivity contribution in [2.45, 2.75) is 69.8 Å². The molecular weight excluding hydrogens is 320 g/mol. The van der Waals surface area contributed by atoms with Crippen molar-refractivity contribution in [3.05, 3.63) is 35.9 Å². The largest absolute Gasteiger partial charge is 0.354 e. The van der Waals surface area contributed by atoms with Gasteiger partial charge in [-0.1, -0.05) is 30.0 Å². The molecule has 0 saturated carbocycles. The Morgan fingerprint density at radius 2 is 1.60 bits per heavy atom. The fourth-order valence-electron chi connectivity index (χ4n) is 3.60. The van der Waals surface area contributed by atoms with Crippen LogP contribution in [0.25, 0.3) is 0 Å². The molecule has 0 aliphatic carbocycles. The summed E-state index contributed by atoms with van der Waals surface area (Å²) in [6.45, 7) is 8.12. The average molecular weight is 344 g/mol. The highest BCUT2D eigenvalue weighted by atomic mass is 16.8. The van der Waals surface area contributed by atoms with E-state index in [2.05, 4.69) is 11.8 Å². The van der Waals surface area contributed by atoms with E-state index in [0.29, 0.717) is 6.61 Å². The maximum atomic E-state index is 6.19. The minimum absolute atomic E-state index is 0.191. The molecule has 0 aromatic heterocycles. The molecule has 5 nitrogen and oxygen atoms in total. The van der Waals surface area contributed by atoms with Crippen molar-refractivity contribution in [3.8, 4) is 11.8 Å². The molecule has 1 aromatic rings. The Balaban J connectivity index is 1.56. The number of fused-ring (bicyclic) bond motifs is 1. The molecule has 3 aliphatic heterocycles. The highest BCUT2D eigenvalue weighted by molar-refractivity contribution is 5.35. The number of benzene rings is 1. The summed E-state index contributed by atoms with van der Waals surface area (Å²) in [4.78, 5) is 0. The number of hydrogen-bond donors (Lipinski definition) is 0. The molecule has 3 saturated heterocycles. The molecular formula is C20H24O5. The van der Waals surface area contributed by atoms with Gasteiger partial charge in [-0.25, -0.2) is 0 Å². The number of rotatable bonds is 1. The first kappa shape index (κ1) is 17.0. The van der Waals surface area contributed by atoms with Crippen LogP contribution in [-0.2, 0) is 23.7 Å². The highest BCUT2D eigenvalue weighted by Crippen LogP contribution is 2.42. The van der Waals surface area contributed by atoms with Crippen LogP contribution in [0.2, 0.25) is 0 Å². The molecule has 0 unspecified atom stereocenters. The second-order valence-electron chi connectivity index (χ2n) is 7.59. The highest BCUT2D eigenvalue weighted by Gasteiger charge is 2.58. The molecule has 5 atom stereocenters. The van der Waals surface area contributed by atoms with Crippen LogP contribution in [0.5, 0.6) is 0 Å². The molecule has 25 heavy (non-hydrogen) atoms. The minimum atomic E-state index is -0.654. The third-order valence-corrected chi connectivity index (χ3v) is 4.62. The molecule has 3 heterocycles. The summed E-state index contributed by atoms with van der Waals surface area (Å²) >= 11 is 0. The van der Waals surface area contributed by atoms with Crippen LogP contribution in [-0.4, -0.2) is 48.7 Å². The van der Waals surface area contributed by atoms with E-state index in [4.69, 9.17) is 23.7 Å². The zero-order valence-electron chi connectivity index (χ0n) is 15.0. The van der Waals surface area contributed by atoms with E-state index in [1.165, 1.54) is 0 Å². The number of ether oxygens (including phenoxy) is 5. The number of hydrogen-bond acceptors (Lipinski definition) is 5. The van der Waals surface area contributed by atoms with E-state index in [-0.39, 0.29) is 30.5 Å². The van der Waals surface area contributed by atoms with Gasteiger partial charge in [-0.15, -0.1) is 0 Å². The lowest BCUT2D eigenvalue weighted by Gasteiger charge is -2.26. The van der Waals surface area contributed by atoms with E-state index in [0.717, 1.165) is 5.56 Å². The predicted octanol–water partition coefficient (Wildman–Crippen LogP) is 2.48. The second-order valence-corrected chi connectivity index (χ2v) is 7.59. The van der Waals surface area contributed by atoms with Gasteiger partial charge in [0, 0.05) is 5.56 Å². The summed E-state index contributed by atoms with van der Waals surface area (Å²) < 4.78 is 30.0. The Bertz CT molecular complexity index is 687. The van der Waals surface area contributed by atoms with Gasteiger partial charge in [0.05, 0.1) is 6.61 Å². The summed E-state index contributed by atoms with van der Waals surface area (Å²) in [6, 6.07) is 9.86. The predicted molar refractivity (Wildman–Crippen MR) is 90.7 cm³/mol. The molecule has 134 valence electrons.